The van der Waals surface area contributed by atoms with Crippen LogP contribution < -0.4 is 4.74 Å². The Labute approximate surface area is 118 Å². The van der Waals surface area contributed by atoms with Crippen molar-refractivity contribution < 1.29 is 28.1 Å². The van der Waals surface area contributed by atoms with Crippen LogP contribution in [0.25, 0.3) is 0 Å². The van der Waals surface area contributed by atoms with E-state index in [1.165, 1.54) is 6.07 Å². The van der Waals surface area contributed by atoms with Crippen molar-refractivity contribution in [3.05, 3.63) is 28.8 Å². The Balaban J connectivity index is 2.88. The summed E-state index contributed by atoms with van der Waals surface area (Å²) in [6.07, 6.45) is -6.97. The van der Waals surface area contributed by atoms with Gasteiger partial charge in [-0.15, -0.1) is 13.2 Å². The van der Waals surface area contributed by atoms with E-state index in [1.54, 1.807) is 0 Å². The van der Waals surface area contributed by atoms with Crippen LogP contribution in [0.2, 0.25) is 5.02 Å². The number of aliphatic hydroxyl groups excluding tert-OH is 2. The highest BCUT2D eigenvalue weighted by molar-refractivity contribution is 7.80. The number of benzene rings is 1. The first kappa shape index (κ1) is 16.4. The summed E-state index contributed by atoms with van der Waals surface area (Å²) in [6, 6.07) is 3.13. The molecule has 1 rings (SSSR count). The van der Waals surface area contributed by atoms with Crippen molar-refractivity contribution in [1.29, 1.82) is 0 Å². The zero-order valence-corrected chi connectivity index (χ0v) is 11.2. The molecular weight excluding hydrogens is 305 g/mol. The first-order valence-electron chi connectivity index (χ1n) is 5.27. The summed E-state index contributed by atoms with van der Waals surface area (Å²) in [5.74, 6) is -0.136. The van der Waals surface area contributed by atoms with Crippen LogP contribution in [0, 0.1) is 0 Å². The average Bonchev–Trinajstić information content (AvgIpc) is 2.26. The molecule has 0 aliphatic heterocycles. The molecule has 0 spiro atoms. The van der Waals surface area contributed by atoms with Gasteiger partial charge in [0.15, 0.2) is 0 Å². The smallest absolute Gasteiger partial charge is 0.406 e. The number of aliphatic hydroxyl groups is 2. The predicted octanol–water partition coefficient (Wildman–Crippen LogP) is 2.95. The molecule has 19 heavy (non-hydrogen) atoms. The molecule has 0 aliphatic rings. The van der Waals surface area contributed by atoms with Crippen LogP contribution >= 0.6 is 24.2 Å². The Bertz CT molecular complexity index is 428. The monoisotopic (exact) mass is 316 g/mol. The number of rotatable bonds is 5. The second-order valence-electron chi connectivity index (χ2n) is 3.76. The summed E-state index contributed by atoms with van der Waals surface area (Å²) in [5.41, 5.74) is 0.130. The van der Waals surface area contributed by atoms with Crippen molar-refractivity contribution in [2.75, 3.05) is 5.75 Å². The van der Waals surface area contributed by atoms with Crippen LogP contribution in [0.15, 0.2) is 18.2 Å². The van der Waals surface area contributed by atoms with Crippen molar-refractivity contribution in [2.24, 2.45) is 0 Å². The predicted molar refractivity (Wildman–Crippen MR) is 67.6 cm³/mol. The van der Waals surface area contributed by atoms with Gasteiger partial charge in [-0.1, -0.05) is 17.7 Å². The SMILES string of the molecule is OC(CCS)C(O)c1ccc(OC(F)(F)F)cc1Cl. The van der Waals surface area contributed by atoms with E-state index in [1.807, 2.05) is 0 Å². The third-order valence-electron chi connectivity index (χ3n) is 2.31. The lowest BCUT2D eigenvalue weighted by molar-refractivity contribution is -0.274. The van der Waals surface area contributed by atoms with Crippen LogP contribution in [0.3, 0.4) is 0 Å². The molecule has 8 heteroatoms. The molecule has 3 nitrogen and oxygen atoms in total. The maximum Gasteiger partial charge on any atom is 0.573 e. The third-order valence-corrected chi connectivity index (χ3v) is 2.90. The van der Waals surface area contributed by atoms with Gasteiger partial charge in [0.2, 0.25) is 0 Å². The van der Waals surface area contributed by atoms with Crippen LogP contribution in [-0.2, 0) is 0 Å². The Morgan fingerprint density at radius 2 is 1.95 bits per heavy atom. The van der Waals surface area contributed by atoms with Crippen molar-refractivity contribution in [2.45, 2.75) is 25.0 Å². The van der Waals surface area contributed by atoms with Gasteiger partial charge in [-0.3, -0.25) is 0 Å². The molecule has 0 bridgehead atoms. The van der Waals surface area contributed by atoms with E-state index in [4.69, 9.17) is 11.6 Å². The maximum atomic E-state index is 12.0. The van der Waals surface area contributed by atoms with Crippen LogP contribution in [0.1, 0.15) is 18.1 Å². The highest BCUT2D eigenvalue weighted by Gasteiger charge is 2.31. The summed E-state index contributed by atoms with van der Waals surface area (Å²) in [7, 11) is 0. The fraction of sp³-hybridized carbons (Fsp3) is 0.455. The van der Waals surface area contributed by atoms with Crippen LogP contribution in [0.5, 0.6) is 5.75 Å². The van der Waals surface area contributed by atoms with Gasteiger partial charge < -0.3 is 14.9 Å². The Kier molecular flexibility index (Phi) is 5.79. The lowest BCUT2D eigenvalue weighted by atomic mass is 10.0. The van der Waals surface area contributed by atoms with E-state index in [-0.39, 0.29) is 17.0 Å². The Hall–Kier alpha value is -0.630. The number of hydrogen-bond acceptors (Lipinski definition) is 4. The van der Waals surface area contributed by atoms with E-state index in [2.05, 4.69) is 17.4 Å². The zero-order valence-electron chi connectivity index (χ0n) is 9.56. The lowest BCUT2D eigenvalue weighted by Gasteiger charge is -2.19. The first-order chi connectivity index (χ1) is 8.74. The minimum atomic E-state index is -4.81. The van der Waals surface area contributed by atoms with E-state index >= 15 is 0 Å². The quantitative estimate of drug-likeness (QED) is 0.732. The second kappa shape index (κ2) is 6.69. The topological polar surface area (TPSA) is 49.7 Å². The maximum absolute atomic E-state index is 12.0. The van der Waals surface area contributed by atoms with Gasteiger partial charge in [0.05, 0.1) is 11.1 Å². The minimum Gasteiger partial charge on any atom is -0.406 e. The largest absolute Gasteiger partial charge is 0.573 e. The minimum absolute atomic E-state index is 0.118. The van der Waals surface area contributed by atoms with Crippen molar-refractivity contribution in [1.82, 2.24) is 0 Å². The Morgan fingerprint density at radius 3 is 2.42 bits per heavy atom. The van der Waals surface area contributed by atoms with Gasteiger partial charge in [0.1, 0.15) is 11.9 Å². The fourth-order valence-electron chi connectivity index (χ4n) is 1.44. The summed E-state index contributed by atoms with van der Waals surface area (Å²) < 4.78 is 39.7. The molecule has 0 heterocycles. The van der Waals surface area contributed by atoms with Crippen molar-refractivity contribution >= 4 is 24.2 Å². The summed E-state index contributed by atoms with van der Waals surface area (Å²) in [6.45, 7) is 0. The van der Waals surface area contributed by atoms with E-state index < -0.39 is 24.3 Å². The first-order valence-corrected chi connectivity index (χ1v) is 6.28. The van der Waals surface area contributed by atoms with Crippen molar-refractivity contribution in [3.8, 4) is 5.75 Å². The van der Waals surface area contributed by atoms with Gasteiger partial charge in [-0.05, 0) is 24.3 Å². The van der Waals surface area contributed by atoms with E-state index in [9.17, 15) is 23.4 Å². The second-order valence-corrected chi connectivity index (χ2v) is 4.61. The average molecular weight is 317 g/mol. The normalized spacial score (nSPS) is 15.1. The molecule has 0 aliphatic carbocycles. The summed E-state index contributed by atoms with van der Waals surface area (Å²) in [4.78, 5) is 0. The molecule has 0 fully saturated rings. The molecular formula is C11H12ClF3O3S. The molecule has 108 valence electrons. The van der Waals surface area contributed by atoms with Crippen LogP contribution in [0.4, 0.5) is 13.2 Å². The molecule has 0 aromatic heterocycles. The van der Waals surface area contributed by atoms with Gasteiger partial charge in [-0.25, -0.2) is 0 Å². The molecule has 0 saturated heterocycles. The number of ether oxygens (including phenoxy) is 1. The molecule has 0 radical (unpaired) electrons. The number of alkyl halides is 3. The molecule has 1 aromatic rings. The lowest BCUT2D eigenvalue weighted by Crippen LogP contribution is -2.19. The van der Waals surface area contributed by atoms with Crippen molar-refractivity contribution in [3.63, 3.8) is 0 Å². The number of halogens is 4. The molecule has 2 atom stereocenters. The highest BCUT2D eigenvalue weighted by atomic mass is 35.5. The third kappa shape index (κ3) is 5.10. The van der Waals surface area contributed by atoms with Crippen LogP contribution in [-0.4, -0.2) is 28.4 Å². The molecule has 1 aromatic carbocycles. The standard InChI is InChI=1S/C11H12ClF3O3S/c12-8-5-6(18-11(13,14)15)1-2-7(8)10(17)9(16)3-4-19/h1-2,5,9-10,16-17,19H,3-4H2. The van der Waals surface area contributed by atoms with Gasteiger partial charge in [0, 0.05) is 5.56 Å². The summed E-state index contributed by atoms with van der Waals surface area (Å²) in [5, 5.41) is 19.3. The van der Waals surface area contributed by atoms with Gasteiger partial charge in [-0.2, -0.15) is 12.6 Å². The molecule has 2 N–H and O–H groups in total. The van der Waals surface area contributed by atoms with Gasteiger partial charge >= 0.3 is 6.36 Å². The number of hydrogen-bond donors (Lipinski definition) is 3. The highest BCUT2D eigenvalue weighted by Crippen LogP contribution is 2.32. The number of thiol groups is 1. The molecule has 0 amide bonds. The zero-order chi connectivity index (χ0) is 14.6. The molecule has 0 saturated carbocycles. The van der Waals surface area contributed by atoms with Gasteiger partial charge in [0.25, 0.3) is 0 Å². The molecule has 2 unspecified atom stereocenters. The fourth-order valence-corrected chi connectivity index (χ4v) is 1.99. The van der Waals surface area contributed by atoms with E-state index in [0.717, 1.165) is 12.1 Å². The van der Waals surface area contributed by atoms with E-state index in [0.29, 0.717) is 5.75 Å². The Morgan fingerprint density at radius 1 is 1.32 bits per heavy atom. The summed E-state index contributed by atoms with van der Waals surface area (Å²) >= 11 is 9.67.